The Morgan fingerprint density at radius 3 is 2.42 bits per heavy atom. The van der Waals surface area contributed by atoms with Gasteiger partial charge in [-0.25, -0.2) is 0 Å². The fraction of sp³-hybridized carbons (Fsp3) is 0.364. The van der Waals surface area contributed by atoms with E-state index in [2.05, 4.69) is 25.2 Å². The average Bonchev–Trinajstić information content (AvgIpc) is 3.05. The Kier molecular flexibility index (Phi) is 5.40. The van der Waals surface area contributed by atoms with Crippen LogP contribution in [-0.4, -0.2) is 24.9 Å². The molecule has 0 spiro atoms. The molecule has 3 rings (SSSR count). The van der Waals surface area contributed by atoms with Gasteiger partial charge in [0.1, 0.15) is 0 Å². The van der Waals surface area contributed by atoms with E-state index in [1.807, 2.05) is 41.3 Å². The highest BCUT2D eigenvalue weighted by atomic mass is 16.2. The maximum atomic E-state index is 12.2. The lowest BCUT2D eigenvalue weighted by atomic mass is 10.0. The number of hydrogen-bond donors (Lipinski definition) is 1. The molecule has 0 saturated carbocycles. The Balaban J connectivity index is 1.71. The molecule has 0 aliphatic carbocycles. The third kappa shape index (κ3) is 3.96. The predicted octanol–water partition coefficient (Wildman–Crippen LogP) is 4.04. The van der Waals surface area contributed by atoms with Crippen LogP contribution >= 0.6 is 0 Å². The van der Waals surface area contributed by atoms with Gasteiger partial charge in [0.2, 0.25) is 5.91 Å². The smallest absolute Gasteiger partial charge is 0.251 e. The standard InChI is InChI=1S/C22H26N2O2/c1-15(2)10-12-23-22(26)18-6-4-17(5-7-18)19-8-9-21-20(14-19)11-13-24(21)16(3)25/h4-9,14-15H,10-13H2,1-3H3,(H,23,26). The van der Waals surface area contributed by atoms with Gasteiger partial charge < -0.3 is 10.2 Å². The Bertz CT molecular complexity index is 809. The molecular weight excluding hydrogens is 324 g/mol. The second kappa shape index (κ2) is 7.73. The predicted molar refractivity (Wildman–Crippen MR) is 105 cm³/mol. The maximum absolute atomic E-state index is 12.2. The number of carbonyl (C=O) groups excluding carboxylic acids is 2. The molecule has 4 heteroatoms. The summed E-state index contributed by atoms with van der Waals surface area (Å²) in [5.41, 5.74) is 5.09. The highest BCUT2D eigenvalue weighted by Gasteiger charge is 2.22. The topological polar surface area (TPSA) is 49.4 Å². The zero-order chi connectivity index (χ0) is 18.7. The lowest BCUT2D eigenvalue weighted by Crippen LogP contribution is -2.25. The van der Waals surface area contributed by atoms with Crippen LogP contribution < -0.4 is 10.2 Å². The van der Waals surface area contributed by atoms with Crippen molar-refractivity contribution < 1.29 is 9.59 Å². The minimum atomic E-state index is -0.0248. The molecule has 0 fully saturated rings. The van der Waals surface area contributed by atoms with Gasteiger partial charge in [0.25, 0.3) is 5.91 Å². The molecule has 0 atom stereocenters. The van der Waals surface area contributed by atoms with Gasteiger partial charge in [0.15, 0.2) is 0 Å². The first-order valence-electron chi connectivity index (χ1n) is 9.25. The van der Waals surface area contributed by atoms with Gasteiger partial charge >= 0.3 is 0 Å². The van der Waals surface area contributed by atoms with Crippen molar-refractivity contribution in [2.75, 3.05) is 18.0 Å². The number of nitrogens with zero attached hydrogens (tertiary/aromatic N) is 1. The number of benzene rings is 2. The largest absolute Gasteiger partial charge is 0.352 e. The molecule has 0 unspecified atom stereocenters. The number of anilines is 1. The molecule has 4 nitrogen and oxygen atoms in total. The van der Waals surface area contributed by atoms with E-state index in [1.54, 1.807) is 6.92 Å². The molecule has 2 aromatic carbocycles. The molecule has 0 bridgehead atoms. The van der Waals surface area contributed by atoms with Gasteiger partial charge in [0.05, 0.1) is 0 Å². The molecule has 136 valence electrons. The lowest BCUT2D eigenvalue weighted by molar-refractivity contribution is -0.116. The molecule has 2 aromatic rings. The second-order valence-corrected chi connectivity index (χ2v) is 7.28. The summed E-state index contributed by atoms with van der Waals surface area (Å²) in [6.45, 7) is 7.35. The summed E-state index contributed by atoms with van der Waals surface area (Å²) in [5, 5.41) is 2.96. The van der Waals surface area contributed by atoms with E-state index in [4.69, 9.17) is 0 Å². The average molecular weight is 350 g/mol. The third-order valence-electron chi connectivity index (χ3n) is 4.84. The van der Waals surface area contributed by atoms with Crippen LogP contribution in [0.15, 0.2) is 42.5 Å². The Morgan fingerprint density at radius 1 is 1.08 bits per heavy atom. The van der Waals surface area contributed by atoms with E-state index in [0.29, 0.717) is 18.0 Å². The van der Waals surface area contributed by atoms with E-state index in [0.717, 1.165) is 36.2 Å². The van der Waals surface area contributed by atoms with Crippen LogP contribution in [0.1, 0.15) is 43.1 Å². The van der Waals surface area contributed by atoms with Crippen LogP contribution in [0, 0.1) is 5.92 Å². The van der Waals surface area contributed by atoms with Crippen LogP contribution in [0.2, 0.25) is 0 Å². The van der Waals surface area contributed by atoms with Crippen molar-refractivity contribution in [3.05, 3.63) is 53.6 Å². The monoisotopic (exact) mass is 350 g/mol. The molecule has 1 aliphatic rings. The minimum Gasteiger partial charge on any atom is -0.352 e. The van der Waals surface area contributed by atoms with Crippen molar-refractivity contribution >= 4 is 17.5 Å². The summed E-state index contributed by atoms with van der Waals surface area (Å²) < 4.78 is 0. The number of carbonyl (C=O) groups is 2. The van der Waals surface area contributed by atoms with Gasteiger partial charge in [0, 0.05) is 31.3 Å². The first kappa shape index (κ1) is 18.2. The molecule has 1 heterocycles. The van der Waals surface area contributed by atoms with Crippen molar-refractivity contribution in [2.45, 2.75) is 33.6 Å². The van der Waals surface area contributed by atoms with Crippen LogP contribution in [0.25, 0.3) is 11.1 Å². The molecule has 26 heavy (non-hydrogen) atoms. The first-order valence-corrected chi connectivity index (χ1v) is 9.25. The summed E-state index contributed by atoms with van der Waals surface area (Å²) in [6, 6.07) is 13.9. The van der Waals surface area contributed by atoms with Gasteiger partial charge in [-0.1, -0.05) is 32.0 Å². The number of rotatable bonds is 5. The Morgan fingerprint density at radius 2 is 1.77 bits per heavy atom. The molecule has 1 N–H and O–H groups in total. The zero-order valence-corrected chi connectivity index (χ0v) is 15.7. The van der Waals surface area contributed by atoms with E-state index in [1.165, 1.54) is 5.56 Å². The van der Waals surface area contributed by atoms with Crippen molar-refractivity contribution in [3.63, 3.8) is 0 Å². The summed E-state index contributed by atoms with van der Waals surface area (Å²) in [7, 11) is 0. The van der Waals surface area contributed by atoms with Gasteiger partial charge in [-0.3, -0.25) is 9.59 Å². The quantitative estimate of drug-likeness (QED) is 0.885. The van der Waals surface area contributed by atoms with Crippen molar-refractivity contribution in [1.29, 1.82) is 0 Å². The van der Waals surface area contributed by atoms with E-state index in [-0.39, 0.29) is 11.8 Å². The Hall–Kier alpha value is -2.62. The van der Waals surface area contributed by atoms with E-state index < -0.39 is 0 Å². The summed E-state index contributed by atoms with van der Waals surface area (Å²) >= 11 is 0. The van der Waals surface area contributed by atoms with Gasteiger partial charge in [-0.15, -0.1) is 0 Å². The van der Waals surface area contributed by atoms with Crippen LogP contribution in [0.5, 0.6) is 0 Å². The first-order chi connectivity index (χ1) is 12.5. The zero-order valence-electron chi connectivity index (χ0n) is 15.7. The fourth-order valence-corrected chi connectivity index (χ4v) is 3.30. The fourth-order valence-electron chi connectivity index (χ4n) is 3.30. The highest BCUT2D eigenvalue weighted by molar-refractivity contribution is 5.95. The maximum Gasteiger partial charge on any atom is 0.251 e. The minimum absolute atomic E-state index is 0.0248. The second-order valence-electron chi connectivity index (χ2n) is 7.28. The van der Waals surface area contributed by atoms with Gasteiger partial charge in [-0.05, 0) is 59.7 Å². The number of nitrogens with one attached hydrogen (secondary N) is 1. The lowest BCUT2D eigenvalue weighted by Gasteiger charge is -2.15. The molecule has 0 radical (unpaired) electrons. The van der Waals surface area contributed by atoms with Crippen molar-refractivity contribution in [3.8, 4) is 11.1 Å². The van der Waals surface area contributed by atoms with Crippen LogP contribution in [-0.2, 0) is 11.2 Å². The molecule has 0 aromatic heterocycles. The van der Waals surface area contributed by atoms with E-state index in [9.17, 15) is 9.59 Å². The van der Waals surface area contributed by atoms with Gasteiger partial charge in [-0.2, -0.15) is 0 Å². The Labute approximate surface area is 155 Å². The normalized spacial score (nSPS) is 13.0. The highest BCUT2D eigenvalue weighted by Crippen LogP contribution is 2.32. The number of hydrogen-bond acceptors (Lipinski definition) is 2. The number of amides is 2. The molecule has 0 saturated heterocycles. The number of fused-ring (bicyclic) bond motifs is 1. The molecular formula is C22H26N2O2. The van der Waals surface area contributed by atoms with Crippen molar-refractivity contribution in [1.82, 2.24) is 5.32 Å². The van der Waals surface area contributed by atoms with Crippen LogP contribution in [0.3, 0.4) is 0 Å². The summed E-state index contributed by atoms with van der Waals surface area (Å²) in [5.74, 6) is 0.643. The molecule has 1 aliphatic heterocycles. The molecule has 2 amide bonds. The van der Waals surface area contributed by atoms with Crippen molar-refractivity contribution in [2.24, 2.45) is 5.92 Å². The van der Waals surface area contributed by atoms with Crippen LogP contribution in [0.4, 0.5) is 5.69 Å². The van der Waals surface area contributed by atoms with E-state index >= 15 is 0 Å². The third-order valence-corrected chi connectivity index (χ3v) is 4.84. The summed E-state index contributed by atoms with van der Waals surface area (Å²) in [4.78, 5) is 25.7. The summed E-state index contributed by atoms with van der Waals surface area (Å²) in [6.07, 6.45) is 1.87. The SMILES string of the molecule is CC(=O)N1CCc2cc(-c3ccc(C(=O)NCCC(C)C)cc3)ccc21.